The van der Waals surface area contributed by atoms with E-state index in [4.69, 9.17) is 35.4 Å². The normalized spacial score (nSPS) is 10.0. The lowest BCUT2D eigenvalue weighted by atomic mass is 10.2. The fourth-order valence-corrected chi connectivity index (χ4v) is 1.94. The third-order valence-corrected chi connectivity index (χ3v) is 3.14. The van der Waals surface area contributed by atoms with Crippen molar-refractivity contribution in [1.29, 1.82) is 0 Å². The third kappa shape index (κ3) is 3.81. The molecule has 0 aliphatic heterocycles. The molecule has 0 bridgehead atoms. The summed E-state index contributed by atoms with van der Waals surface area (Å²) in [5, 5.41) is 5.11. The lowest BCUT2D eigenvalue weighted by Gasteiger charge is -2.21. The molecule has 5 heteroatoms. The predicted octanol–water partition coefficient (Wildman–Crippen LogP) is 3.32. The van der Waals surface area contributed by atoms with Gasteiger partial charge in [0, 0.05) is 30.2 Å². The van der Waals surface area contributed by atoms with E-state index >= 15 is 0 Å². The minimum absolute atomic E-state index is 0.644. The summed E-state index contributed by atoms with van der Waals surface area (Å²) in [5.74, 6) is 0. The van der Waals surface area contributed by atoms with Crippen molar-refractivity contribution < 1.29 is 0 Å². The average Bonchev–Trinajstić information content (AvgIpc) is 2.22. The fourth-order valence-electron chi connectivity index (χ4n) is 1.26. The fraction of sp³-hybridized carbons (Fsp3) is 0.364. The minimum Gasteiger partial charge on any atom is -0.363 e. The van der Waals surface area contributed by atoms with Gasteiger partial charge in [-0.05, 0) is 36.8 Å². The van der Waals surface area contributed by atoms with Crippen molar-refractivity contribution in [1.82, 2.24) is 10.2 Å². The highest BCUT2D eigenvalue weighted by Gasteiger charge is 2.07. The minimum atomic E-state index is 0.644. The molecule has 0 fully saturated rings. The Balaban J connectivity index is 2.69. The van der Waals surface area contributed by atoms with Crippen LogP contribution >= 0.6 is 35.4 Å². The van der Waals surface area contributed by atoms with Gasteiger partial charge in [-0.3, -0.25) is 0 Å². The van der Waals surface area contributed by atoms with E-state index in [1.165, 1.54) is 0 Å². The molecule has 0 atom stereocenters. The maximum Gasteiger partial charge on any atom is 0.168 e. The van der Waals surface area contributed by atoms with Crippen molar-refractivity contribution in [3.8, 4) is 0 Å². The Morgan fingerprint density at radius 2 is 2.12 bits per heavy atom. The van der Waals surface area contributed by atoms with Crippen LogP contribution in [0.2, 0.25) is 10.0 Å². The van der Waals surface area contributed by atoms with Gasteiger partial charge in [-0.25, -0.2) is 0 Å². The highest BCUT2D eigenvalue weighted by molar-refractivity contribution is 7.80. The van der Waals surface area contributed by atoms with Crippen molar-refractivity contribution in [3.05, 3.63) is 33.8 Å². The van der Waals surface area contributed by atoms with E-state index in [1.54, 1.807) is 6.07 Å². The number of nitrogens with one attached hydrogen (secondary N) is 1. The molecule has 0 spiro atoms. The second kappa shape index (κ2) is 6.28. The zero-order valence-electron chi connectivity index (χ0n) is 9.26. The highest BCUT2D eigenvalue weighted by atomic mass is 35.5. The summed E-state index contributed by atoms with van der Waals surface area (Å²) in [6.07, 6.45) is 0. The Bertz CT molecular complexity index is 382. The zero-order chi connectivity index (χ0) is 12.1. The first-order chi connectivity index (χ1) is 7.54. The summed E-state index contributed by atoms with van der Waals surface area (Å²) in [6.45, 7) is 3.49. The summed E-state index contributed by atoms with van der Waals surface area (Å²) in [6, 6.07) is 5.48. The van der Waals surface area contributed by atoms with E-state index in [-0.39, 0.29) is 0 Å². The van der Waals surface area contributed by atoms with E-state index in [1.807, 2.05) is 31.0 Å². The number of hydrogen-bond donors (Lipinski definition) is 1. The van der Waals surface area contributed by atoms with Crippen LogP contribution < -0.4 is 5.32 Å². The maximum atomic E-state index is 6.08. The van der Waals surface area contributed by atoms with Crippen LogP contribution in [0.3, 0.4) is 0 Å². The number of rotatable bonds is 3. The van der Waals surface area contributed by atoms with Gasteiger partial charge in [-0.2, -0.15) is 0 Å². The first-order valence-corrected chi connectivity index (χ1v) is 6.14. The van der Waals surface area contributed by atoms with Gasteiger partial charge >= 0.3 is 0 Å². The van der Waals surface area contributed by atoms with Crippen LogP contribution in [0, 0.1) is 0 Å². The van der Waals surface area contributed by atoms with Gasteiger partial charge < -0.3 is 10.2 Å². The van der Waals surface area contributed by atoms with E-state index in [0.717, 1.165) is 12.1 Å². The van der Waals surface area contributed by atoms with Gasteiger partial charge in [0.25, 0.3) is 0 Å². The van der Waals surface area contributed by atoms with Crippen LogP contribution in [-0.4, -0.2) is 23.6 Å². The Labute approximate surface area is 112 Å². The molecule has 0 radical (unpaired) electrons. The standard InChI is InChI=1S/C11H14Cl2N2S/c1-3-14-11(16)15(2)7-8-4-5-9(12)6-10(8)13/h4-6H,3,7H2,1-2H3,(H,14,16). The molecule has 1 aromatic rings. The molecule has 1 N–H and O–H groups in total. The number of thiocarbonyl (C=S) groups is 1. The van der Waals surface area contributed by atoms with Gasteiger partial charge in [0.05, 0.1) is 0 Å². The molecule has 0 aromatic heterocycles. The SMILES string of the molecule is CCNC(=S)N(C)Cc1ccc(Cl)cc1Cl. The number of nitrogens with zero attached hydrogens (tertiary/aromatic N) is 1. The van der Waals surface area contributed by atoms with Gasteiger partial charge in [0.2, 0.25) is 0 Å². The van der Waals surface area contributed by atoms with Crippen molar-refractivity contribution in [2.45, 2.75) is 13.5 Å². The third-order valence-electron chi connectivity index (χ3n) is 2.10. The van der Waals surface area contributed by atoms with Crippen LogP contribution in [0.4, 0.5) is 0 Å². The lowest BCUT2D eigenvalue weighted by Crippen LogP contribution is -2.36. The summed E-state index contributed by atoms with van der Waals surface area (Å²) in [4.78, 5) is 1.94. The first kappa shape index (κ1) is 13.6. The van der Waals surface area contributed by atoms with Gasteiger partial charge in [0.15, 0.2) is 5.11 Å². The Hall–Kier alpha value is -0.510. The van der Waals surface area contributed by atoms with E-state index < -0.39 is 0 Å². The number of halogens is 2. The van der Waals surface area contributed by atoms with Crippen LogP contribution in [0.1, 0.15) is 12.5 Å². The van der Waals surface area contributed by atoms with Crippen molar-refractivity contribution in [3.63, 3.8) is 0 Å². The molecular weight excluding hydrogens is 263 g/mol. The largest absolute Gasteiger partial charge is 0.363 e. The molecular formula is C11H14Cl2N2S. The van der Waals surface area contributed by atoms with Crippen molar-refractivity contribution >= 4 is 40.5 Å². The topological polar surface area (TPSA) is 15.3 Å². The quantitative estimate of drug-likeness (QED) is 0.853. The average molecular weight is 277 g/mol. The molecule has 0 amide bonds. The number of hydrogen-bond acceptors (Lipinski definition) is 1. The van der Waals surface area contributed by atoms with Crippen LogP contribution in [0.15, 0.2) is 18.2 Å². The van der Waals surface area contributed by atoms with Gasteiger partial charge in [0.1, 0.15) is 0 Å². The Kier molecular flexibility index (Phi) is 5.32. The lowest BCUT2D eigenvalue weighted by molar-refractivity contribution is 0.491. The monoisotopic (exact) mass is 276 g/mol. The smallest absolute Gasteiger partial charge is 0.168 e. The van der Waals surface area contributed by atoms with Crippen LogP contribution in [-0.2, 0) is 6.54 Å². The summed E-state index contributed by atoms with van der Waals surface area (Å²) >= 11 is 17.1. The second-order valence-corrected chi connectivity index (χ2v) is 4.66. The predicted molar refractivity (Wildman–Crippen MR) is 74.2 cm³/mol. The highest BCUT2D eigenvalue weighted by Crippen LogP contribution is 2.21. The summed E-state index contributed by atoms with van der Waals surface area (Å²) in [5.41, 5.74) is 1.01. The molecule has 16 heavy (non-hydrogen) atoms. The molecule has 1 rings (SSSR count). The van der Waals surface area contributed by atoms with Crippen molar-refractivity contribution in [2.24, 2.45) is 0 Å². The van der Waals surface area contributed by atoms with Crippen LogP contribution in [0.5, 0.6) is 0 Å². The molecule has 2 nitrogen and oxygen atoms in total. The molecule has 1 aromatic carbocycles. The zero-order valence-corrected chi connectivity index (χ0v) is 11.6. The van der Waals surface area contributed by atoms with Gasteiger partial charge in [-0.15, -0.1) is 0 Å². The molecule has 0 aliphatic rings. The number of benzene rings is 1. The molecule has 0 saturated heterocycles. The Morgan fingerprint density at radius 3 is 2.69 bits per heavy atom. The van der Waals surface area contributed by atoms with E-state index in [0.29, 0.717) is 21.7 Å². The molecule has 0 unspecified atom stereocenters. The van der Waals surface area contributed by atoms with E-state index in [9.17, 15) is 0 Å². The van der Waals surface area contributed by atoms with E-state index in [2.05, 4.69) is 5.32 Å². The first-order valence-electron chi connectivity index (χ1n) is 4.97. The molecule has 0 heterocycles. The van der Waals surface area contributed by atoms with Crippen molar-refractivity contribution in [2.75, 3.05) is 13.6 Å². The molecule has 0 aliphatic carbocycles. The molecule has 0 saturated carbocycles. The maximum absolute atomic E-state index is 6.08. The van der Waals surface area contributed by atoms with Crippen LogP contribution in [0.25, 0.3) is 0 Å². The summed E-state index contributed by atoms with van der Waals surface area (Å²) < 4.78 is 0. The van der Waals surface area contributed by atoms with Gasteiger partial charge in [-0.1, -0.05) is 29.3 Å². The summed E-state index contributed by atoms with van der Waals surface area (Å²) in [7, 11) is 1.93. The molecule has 88 valence electrons. The second-order valence-electron chi connectivity index (χ2n) is 3.43. The Morgan fingerprint density at radius 1 is 1.44 bits per heavy atom.